The van der Waals surface area contributed by atoms with Gasteiger partial charge in [-0.05, 0) is 44.9 Å². The lowest BCUT2D eigenvalue weighted by Gasteiger charge is -2.22. The lowest BCUT2D eigenvalue weighted by atomic mass is 10.0. The molecule has 0 aromatic carbocycles. The van der Waals surface area contributed by atoms with Crippen LogP contribution in [0.3, 0.4) is 0 Å². The van der Waals surface area contributed by atoms with Gasteiger partial charge in [-0.25, -0.2) is 0 Å². The van der Waals surface area contributed by atoms with Crippen molar-refractivity contribution < 1.29 is 24.5 Å². The first-order valence-electron chi connectivity index (χ1n) is 31.9. The third-order valence-corrected chi connectivity index (χ3v) is 15.1. The van der Waals surface area contributed by atoms with Crippen molar-refractivity contribution in [1.82, 2.24) is 5.32 Å². The predicted octanol–water partition coefficient (Wildman–Crippen LogP) is 20.0. The molecule has 0 aliphatic carbocycles. The van der Waals surface area contributed by atoms with Gasteiger partial charge in [-0.2, -0.15) is 0 Å². The number of unbranched alkanes of at least 4 members (excludes halogenated alkanes) is 47. The maximum atomic E-state index is 12.5. The molecule has 0 radical (unpaired) electrons. The number of hydrogen-bond donors (Lipinski definition) is 3. The second-order valence-corrected chi connectivity index (χ2v) is 22.1. The van der Waals surface area contributed by atoms with Crippen LogP contribution in [0.25, 0.3) is 0 Å². The van der Waals surface area contributed by atoms with E-state index >= 15 is 0 Å². The molecule has 0 saturated carbocycles. The third-order valence-electron chi connectivity index (χ3n) is 15.1. The van der Waals surface area contributed by atoms with E-state index in [0.717, 1.165) is 44.9 Å². The van der Waals surface area contributed by atoms with Gasteiger partial charge in [0.05, 0.1) is 25.4 Å². The highest BCUT2D eigenvalue weighted by atomic mass is 16.5. The first-order valence-corrected chi connectivity index (χ1v) is 31.9. The Morgan fingerprint density at radius 2 is 0.686 bits per heavy atom. The Labute approximate surface area is 438 Å². The normalized spacial score (nSPS) is 12.6. The number of hydrogen-bond acceptors (Lipinski definition) is 5. The Morgan fingerprint density at radius 1 is 0.386 bits per heavy atom. The topological polar surface area (TPSA) is 95.9 Å². The molecule has 0 saturated heterocycles. The van der Waals surface area contributed by atoms with Crippen LogP contribution in [0.5, 0.6) is 0 Å². The summed E-state index contributed by atoms with van der Waals surface area (Å²) in [7, 11) is 0. The van der Waals surface area contributed by atoms with Crippen molar-refractivity contribution in [3.05, 3.63) is 12.2 Å². The van der Waals surface area contributed by atoms with Gasteiger partial charge in [-0.15, -0.1) is 0 Å². The number of carbonyl (C=O) groups is 2. The van der Waals surface area contributed by atoms with Gasteiger partial charge in [-0.1, -0.05) is 315 Å². The molecule has 416 valence electrons. The second kappa shape index (κ2) is 60.2. The standard InChI is InChI=1S/C64H125NO5/c1-3-5-7-9-11-13-15-16-33-37-40-44-48-52-56-62(67)61(60-66)65-63(68)57-53-49-45-41-38-34-31-29-27-25-23-21-19-17-18-20-22-24-26-28-30-32-35-39-43-47-51-55-59-70-64(69)58-54-50-46-42-36-14-12-10-8-6-4-2/h10,12,61-62,66-67H,3-9,11,13-60H2,1-2H3,(H,65,68)/b12-10-. The number of aliphatic hydroxyl groups excluding tert-OH is 2. The van der Waals surface area contributed by atoms with Crippen LogP contribution in [0, 0.1) is 0 Å². The van der Waals surface area contributed by atoms with Gasteiger partial charge >= 0.3 is 5.97 Å². The first-order chi connectivity index (χ1) is 34.5. The molecule has 3 N–H and O–H groups in total. The van der Waals surface area contributed by atoms with Crippen LogP contribution in [0.4, 0.5) is 0 Å². The van der Waals surface area contributed by atoms with E-state index in [-0.39, 0.29) is 18.5 Å². The number of allylic oxidation sites excluding steroid dienone is 2. The summed E-state index contributed by atoms with van der Waals surface area (Å²) in [4.78, 5) is 24.5. The van der Waals surface area contributed by atoms with Crippen molar-refractivity contribution in [1.29, 1.82) is 0 Å². The smallest absolute Gasteiger partial charge is 0.305 e. The maximum absolute atomic E-state index is 12.5. The highest BCUT2D eigenvalue weighted by Gasteiger charge is 2.20. The molecule has 0 aliphatic rings. The van der Waals surface area contributed by atoms with Crippen LogP contribution in [0.2, 0.25) is 0 Å². The van der Waals surface area contributed by atoms with E-state index < -0.39 is 12.1 Å². The molecule has 70 heavy (non-hydrogen) atoms. The van der Waals surface area contributed by atoms with E-state index in [9.17, 15) is 19.8 Å². The predicted molar refractivity (Wildman–Crippen MR) is 306 cm³/mol. The Kier molecular flexibility index (Phi) is 59.0. The van der Waals surface area contributed by atoms with Crippen LogP contribution in [-0.2, 0) is 14.3 Å². The van der Waals surface area contributed by atoms with Crippen LogP contribution in [0.1, 0.15) is 361 Å². The van der Waals surface area contributed by atoms with Crippen molar-refractivity contribution in [3.8, 4) is 0 Å². The lowest BCUT2D eigenvalue weighted by Crippen LogP contribution is -2.45. The number of carbonyl (C=O) groups excluding carboxylic acids is 2. The van der Waals surface area contributed by atoms with Gasteiger partial charge in [0.1, 0.15) is 0 Å². The summed E-state index contributed by atoms with van der Waals surface area (Å²) in [5, 5.41) is 23.3. The van der Waals surface area contributed by atoms with Crippen molar-refractivity contribution >= 4 is 11.9 Å². The quantitative estimate of drug-likeness (QED) is 0.0321. The van der Waals surface area contributed by atoms with Crippen molar-refractivity contribution in [2.75, 3.05) is 13.2 Å². The van der Waals surface area contributed by atoms with E-state index in [4.69, 9.17) is 4.74 Å². The summed E-state index contributed by atoms with van der Waals surface area (Å²) in [5.41, 5.74) is 0. The van der Waals surface area contributed by atoms with Gasteiger partial charge in [0.2, 0.25) is 5.91 Å². The van der Waals surface area contributed by atoms with Crippen molar-refractivity contribution in [2.45, 2.75) is 373 Å². The lowest BCUT2D eigenvalue weighted by molar-refractivity contribution is -0.143. The second-order valence-electron chi connectivity index (χ2n) is 22.1. The van der Waals surface area contributed by atoms with Crippen LogP contribution < -0.4 is 5.32 Å². The van der Waals surface area contributed by atoms with Gasteiger partial charge in [0.15, 0.2) is 0 Å². The van der Waals surface area contributed by atoms with Gasteiger partial charge in [0, 0.05) is 12.8 Å². The summed E-state index contributed by atoms with van der Waals surface area (Å²) in [6.07, 6.45) is 72.4. The fraction of sp³-hybridized carbons (Fsp3) is 0.938. The summed E-state index contributed by atoms with van der Waals surface area (Å²) in [5.74, 6) is -0.0213. The molecule has 0 rings (SSSR count). The highest BCUT2D eigenvalue weighted by Crippen LogP contribution is 2.19. The molecule has 0 aromatic heterocycles. The van der Waals surface area contributed by atoms with Crippen LogP contribution in [0.15, 0.2) is 12.2 Å². The molecule has 0 spiro atoms. The molecule has 0 bridgehead atoms. The molecule has 0 aromatic rings. The summed E-state index contributed by atoms with van der Waals surface area (Å²) in [6.45, 7) is 4.94. The van der Waals surface area contributed by atoms with E-state index in [1.165, 1.54) is 283 Å². The molecular formula is C64H125NO5. The highest BCUT2D eigenvalue weighted by molar-refractivity contribution is 5.76. The minimum Gasteiger partial charge on any atom is -0.466 e. The fourth-order valence-electron chi connectivity index (χ4n) is 10.2. The number of aliphatic hydroxyl groups is 2. The zero-order chi connectivity index (χ0) is 50.7. The monoisotopic (exact) mass is 988 g/mol. The summed E-state index contributed by atoms with van der Waals surface area (Å²) >= 11 is 0. The number of ether oxygens (including phenoxy) is 1. The molecular weight excluding hydrogens is 863 g/mol. The molecule has 1 amide bonds. The van der Waals surface area contributed by atoms with E-state index in [1.807, 2.05) is 0 Å². The van der Waals surface area contributed by atoms with Crippen molar-refractivity contribution in [2.24, 2.45) is 0 Å². The minimum absolute atomic E-state index is 0.00817. The number of rotatable bonds is 60. The molecule has 6 heteroatoms. The van der Waals surface area contributed by atoms with Crippen LogP contribution >= 0.6 is 0 Å². The largest absolute Gasteiger partial charge is 0.466 e. The Morgan fingerprint density at radius 3 is 1.06 bits per heavy atom. The Hall–Kier alpha value is -1.40. The van der Waals surface area contributed by atoms with E-state index in [2.05, 4.69) is 31.3 Å². The zero-order valence-electron chi connectivity index (χ0n) is 47.5. The molecule has 2 unspecified atom stereocenters. The molecule has 0 heterocycles. The zero-order valence-corrected chi connectivity index (χ0v) is 47.5. The van der Waals surface area contributed by atoms with Crippen molar-refractivity contribution in [3.63, 3.8) is 0 Å². The van der Waals surface area contributed by atoms with E-state index in [0.29, 0.717) is 25.9 Å². The Balaban J connectivity index is 3.33. The first kappa shape index (κ1) is 68.6. The van der Waals surface area contributed by atoms with E-state index in [1.54, 1.807) is 0 Å². The summed E-state index contributed by atoms with van der Waals surface area (Å²) < 4.78 is 5.46. The number of nitrogens with one attached hydrogen (secondary N) is 1. The van der Waals surface area contributed by atoms with Gasteiger partial charge < -0.3 is 20.3 Å². The average molecular weight is 989 g/mol. The third kappa shape index (κ3) is 55.9. The number of amides is 1. The minimum atomic E-state index is -0.660. The maximum Gasteiger partial charge on any atom is 0.305 e. The number of esters is 1. The summed E-state index contributed by atoms with van der Waals surface area (Å²) in [6, 6.07) is -0.537. The van der Waals surface area contributed by atoms with Gasteiger partial charge in [-0.3, -0.25) is 9.59 Å². The SMILES string of the molecule is CCCC/C=C\CCCCCCCC(=O)OCCCCCCCCCCCCCCCCCCCCCCCCCCCCCCC(=O)NC(CO)C(O)CCCCCCCCCCCCCCCC. The molecule has 6 nitrogen and oxygen atoms in total. The van der Waals surface area contributed by atoms with Gasteiger partial charge in [0.25, 0.3) is 0 Å². The van der Waals surface area contributed by atoms with Crippen LogP contribution in [-0.4, -0.2) is 47.4 Å². The average Bonchev–Trinajstić information content (AvgIpc) is 3.36. The Bertz CT molecular complexity index is 1050. The molecule has 2 atom stereocenters. The fourth-order valence-corrected chi connectivity index (χ4v) is 10.2. The molecule has 0 aliphatic heterocycles. The molecule has 0 fully saturated rings.